The van der Waals surface area contributed by atoms with Crippen LogP contribution in [0.4, 0.5) is 17.6 Å². The SMILES string of the molecule is CC(C)(C(=O)NCCOc1cccc(C(F)(F)F)c1)n1nc(-c2ccc(F)cc2)ccc1=O. The maximum atomic E-state index is 13.2. The third-order valence-corrected chi connectivity index (χ3v) is 4.84. The van der Waals surface area contributed by atoms with Gasteiger partial charge >= 0.3 is 6.18 Å². The number of hydrogen-bond acceptors (Lipinski definition) is 4. The minimum absolute atomic E-state index is 0.00902. The molecular formula is C23H21F4N3O3. The van der Waals surface area contributed by atoms with Crippen molar-refractivity contribution in [1.82, 2.24) is 15.1 Å². The van der Waals surface area contributed by atoms with Gasteiger partial charge in [0.1, 0.15) is 23.7 Å². The zero-order valence-corrected chi connectivity index (χ0v) is 17.8. The Hall–Kier alpha value is -3.69. The van der Waals surface area contributed by atoms with Gasteiger partial charge in [-0.2, -0.15) is 18.3 Å². The minimum atomic E-state index is -4.49. The molecule has 0 spiro atoms. The van der Waals surface area contributed by atoms with E-state index in [1.807, 2.05) is 0 Å². The van der Waals surface area contributed by atoms with E-state index in [0.717, 1.165) is 16.8 Å². The molecule has 0 saturated heterocycles. The second-order valence-corrected chi connectivity index (χ2v) is 7.66. The number of nitrogens with one attached hydrogen (secondary N) is 1. The number of benzene rings is 2. The maximum absolute atomic E-state index is 13.2. The van der Waals surface area contributed by atoms with Crippen LogP contribution < -0.4 is 15.6 Å². The third-order valence-electron chi connectivity index (χ3n) is 4.84. The Balaban J connectivity index is 1.66. The number of amides is 1. The molecule has 0 atom stereocenters. The molecule has 0 fully saturated rings. The molecule has 1 heterocycles. The predicted molar refractivity (Wildman–Crippen MR) is 113 cm³/mol. The van der Waals surface area contributed by atoms with Crippen LogP contribution in [-0.2, 0) is 16.5 Å². The van der Waals surface area contributed by atoms with Gasteiger partial charge < -0.3 is 10.1 Å². The molecule has 3 rings (SSSR count). The molecule has 0 aliphatic carbocycles. The van der Waals surface area contributed by atoms with Gasteiger partial charge in [-0.25, -0.2) is 9.07 Å². The summed E-state index contributed by atoms with van der Waals surface area (Å²) in [7, 11) is 0. The fourth-order valence-electron chi connectivity index (χ4n) is 2.99. The first-order valence-corrected chi connectivity index (χ1v) is 9.93. The molecule has 0 saturated carbocycles. The Bertz CT molecular complexity index is 1190. The Labute approximate surface area is 186 Å². The average Bonchev–Trinajstić information content (AvgIpc) is 2.77. The molecule has 0 bridgehead atoms. The van der Waals surface area contributed by atoms with Crippen LogP contribution in [0.1, 0.15) is 19.4 Å². The monoisotopic (exact) mass is 463 g/mol. The Morgan fingerprint density at radius 3 is 2.42 bits per heavy atom. The van der Waals surface area contributed by atoms with Gasteiger partial charge in [0.05, 0.1) is 17.8 Å². The molecule has 0 unspecified atom stereocenters. The van der Waals surface area contributed by atoms with Crippen molar-refractivity contribution in [2.75, 3.05) is 13.2 Å². The number of alkyl halides is 3. The van der Waals surface area contributed by atoms with Crippen LogP contribution in [0.5, 0.6) is 5.75 Å². The summed E-state index contributed by atoms with van der Waals surface area (Å²) in [5, 5.41) is 6.85. The molecular weight excluding hydrogens is 442 g/mol. The van der Waals surface area contributed by atoms with Crippen molar-refractivity contribution in [3.05, 3.63) is 82.4 Å². The lowest BCUT2D eigenvalue weighted by Gasteiger charge is -2.25. The van der Waals surface area contributed by atoms with Crippen molar-refractivity contribution < 1.29 is 27.1 Å². The van der Waals surface area contributed by atoms with Gasteiger partial charge in [0.2, 0.25) is 5.91 Å². The van der Waals surface area contributed by atoms with Crippen LogP contribution in [0.2, 0.25) is 0 Å². The first kappa shape index (κ1) is 24.0. The number of nitrogens with zero attached hydrogens (tertiary/aromatic N) is 2. The van der Waals surface area contributed by atoms with Crippen LogP contribution in [0.3, 0.4) is 0 Å². The van der Waals surface area contributed by atoms with Crippen LogP contribution in [0.15, 0.2) is 65.5 Å². The summed E-state index contributed by atoms with van der Waals surface area (Å²) >= 11 is 0. The zero-order chi connectivity index (χ0) is 24.2. The number of hydrogen-bond donors (Lipinski definition) is 1. The van der Waals surface area contributed by atoms with E-state index in [4.69, 9.17) is 4.74 Å². The first-order valence-electron chi connectivity index (χ1n) is 9.93. The summed E-state index contributed by atoms with van der Waals surface area (Å²) in [6.45, 7) is 2.91. The normalized spacial score (nSPS) is 11.8. The van der Waals surface area contributed by atoms with E-state index in [1.165, 1.54) is 62.4 Å². The smallest absolute Gasteiger partial charge is 0.416 e. The molecule has 2 aromatic carbocycles. The maximum Gasteiger partial charge on any atom is 0.416 e. The lowest BCUT2D eigenvalue weighted by atomic mass is 10.0. The topological polar surface area (TPSA) is 73.2 Å². The number of halogens is 4. The Morgan fingerprint density at radius 2 is 1.76 bits per heavy atom. The van der Waals surface area contributed by atoms with Crippen LogP contribution in [0.25, 0.3) is 11.3 Å². The van der Waals surface area contributed by atoms with E-state index in [1.54, 1.807) is 0 Å². The van der Waals surface area contributed by atoms with Crippen molar-refractivity contribution in [3.8, 4) is 17.0 Å². The highest BCUT2D eigenvalue weighted by Gasteiger charge is 2.32. The summed E-state index contributed by atoms with van der Waals surface area (Å²) in [5.74, 6) is -0.941. The van der Waals surface area contributed by atoms with Gasteiger partial charge in [-0.05, 0) is 62.4 Å². The molecule has 0 radical (unpaired) electrons. The minimum Gasteiger partial charge on any atom is -0.492 e. The quantitative estimate of drug-likeness (QED) is 0.425. The molecule has 0 aliphatic rings. The van der Waals surface area contributed by atoms with E-state index in [2.05, 4.69) is 10.4 Å². The van der Waals surface area contributed by atoms with Gasteiger partial charge in [-0.3, -0.25) is 9.59 Å². The number of carbonyl (C=O) groups excluding carboxylic acids is 1. The molecule has 1 N–H and O–H groups in total. The number of rotatable bonds is 7. The molecule has 0 aliphatic heterocycles. The number of aromatic nitrogens is 2. The lowest BCUT2D eigenvalue weighted by Crippen LogP contribution is -2.50. The second kappa shape index (κ2) is 9.43. The second-order valence-electron chi connectivity index (χ2n) is 7.66. The van der Waals surface area contributed by atoms with E-state index >= 15 is 0 Å². The van der Waals surface area contributed by atoms with Gasteiger partial charge in [0.25, 0.3) is 5.56 Å². The fraction of sp³-hybridized carbons (Fsp3) is 0.261. The summed E-state index contributed by atoms with van der Waals surface area (Å²) in [4.78, 5) is 25.1. The van der Waals surface area contributed by atoms with Gasteiger partial charge in [0.15, 0.2) is 0 Å². The summed E-state index contributed by atoms with van der Waals surface area (Å²) in [6, 6.07) is 12.7. The van der Waals surface area contributed by atoms with Crippen LogP contribution >= 0.6 is 0 Å². The molecule has 33 heavy (non-hydrogen) atoms. The van der Waals surface area contributed by atoms with Crippen molar-refractivity contribution >= 4 is 5.91 Å². The van der Waals surface area contributed by atoms with Crippen molar-refractivity contribution in [3.63, 3.8) is 0 Å². The molecule has 3 aromatic rings. The van der Waals surface area contributed by atoms with E-state index < -0.39 is 34.6 Å². The average molecular weight is 463 g/mol. The summed E-state index contributed by atoms with van der Waals surface area (Å²) < 4.78 is 57.8. The Kier molecular flexibility index (Phi) is 6.85. The fourth-order valence-corrected chi connectivity index (χ4v) is 2.99. The van der Waals surface area contributed by atoms with Crippen LogP contribution in [0, 0.1) is 5.82 Å². The van der Waals surface area contributed by atoms with Crippen molar-refractivity contribution in [2.45, 2.75) is 25.6 Å². The molecule has 1 aromatic heterocycles. The highest BCUT2D eigenvalue weighted by Crippen LogP contribution is 2.31. The van der Waals surface area contributed by atoms with Gasteiger partial charge in [0, 0.05) is 11.6 Å². The largest absolute Gasteiger partial charge is 0.492 e. The molecule has 6 nitrogen and oxygen atoms in total. The predicted octanol–water partition coefficient (Wildman–Crippen LogP) is 4.00. The lowest BCUT2D eigenvalue weighted by molar-refractivity contribution is -0.137. The van der Waals surface area contributed by atoms with Crippen molar-refractivity contribution in [1.29, 1.82) is 0 Å². The van der Waals surface area contributed by atoms with Gasteiger partial charge in [-0.1, -0.05) is 6.07 Å². The molecule has 10 heteroatoms. The van der Waals surface area contributed by atoms with E-state index in [-0.39, 0.29) is 18.9 Å². The molecule has 1 amide bonds. The highest BCUT2D eigenvalue weighted by atomic mass is 19.4. The summed E-state index contributed by atoms with van der Waals surface area (Å²) in [6.07, 6.45) is -4.49. The zero-order valence-electron chi connectivity index (χ0n) is 17.8. The molecule has 174 valence electrons. The first-order chi connectivity index (χ1) is 15.5. The van der Waals surface area contributed by atoms with E-state index in [9.17, 15) is 27.2 Å². The highest BCUT2D eigenvalue weighted by molar-refractivity contribution is 5.83. The summed E-state index contributed by atoms with van der Waals surface area (Å²) in [5.41, 5.74) is -1.79. The number of carbonyl (C=O) groups is 1. The van der Waals surface area contributed by atoms with Crippen LogP contribution in [-0.4, -0.2) is 28.8 Å². The Morgan fingerprint density at radius 1 is 1.06 bits per heavy atom. The van der Waals surface area contributed by atoms with Crippen molar-refractivity contribution in [2.24, 2.45) is 0 Å². The number of ether oxygens (including phenoxy) is 1. The standard InChI is InChI=1S/C23H21F4N3O3/c1-22(2,30-20(31)11-10-19(29-30)15-6-8-17(24)9-7-15)21(32)28-12-13-33-18-5-3-4-16(14-18)23(25,26)27/h3-11,14H,12-13H2,1-2H3,(H,28,32). The van der Waals surface area contributed by atoms with E-state index in [0.29, 0.717) is 11.3 Å². The van der Waals surface area contributed by atoms with Gasteiger partial charge in [-0.15, -0.1) is 0 Å². The third kappa shape index (κ3) is 5.76.